The average molecular weight is 343 g/mol. The van der Waals surface area contributed by atoms with Crippen LogP contribution in [0.1, 0.15) is 19.3 Å². The molecule has 1 aliphatic carbocycles. The molecule has 1 saturated heterocycles. The summed E-state index contributed by atoms with van der Waals surface area (Å²) in [6.45, 7) is 0.251. The van der Waals surface area contributed by atoms with Gasteiger partial charge in [-0.05, 0) is 30.3 Å². The van der Waals surface area contributed by atoms with Crippen molar-refractivity contribution in [1.29, 1.82) is 0 Å². The van der Waals surface area contributed by atoms with Crippen molar-refractivity contribution in [2.24, 2.45) is 16.0 Å². The number of aliphatic hydroxyl groups excluding tert-OH is 3. The molecule has 5 N–H and O–H groups in total. The van der Waals surface area contributed by atoms with E-state index < -0.39 is 42.8 Å². The lowest BCUT2D eigenvalue weighted by Gasteiger charge is -2.42. The smallest absolute Gasteiger partial charge is 0.184 e. The van der Waals surface area contributed by atoms with Gasteiger partial charge in [0.05, 0.1) is 30.4 Å². The normalized spacial score (nSPS) is 42.7. The summed E-state index contributed by atoms with van der Waals surface area (Å²) >= 11 is 0. The highest BCUT2D eigenvalue weighted by atomic mass is 16.7. The maximum atomic E-state index is 10.3. The predicted molar refractivity (Wildman–Crippen MR) is 80.3 cm³/mol. The molecule has 0 bridgehead atoms. The number of nitrogens with zero attached hydrogens (tertiary/aromatic N) is 6. The Morgan fingerprint density at radius 1 is 1.08 bits per heavy atom. The van der Waals surface area contributed by atoms with Crippen molar-refractivity contribution in [3.05, 3.63) is 20.9 Å². The van der Waals surface area contributed by atoms with Crippen molar-refractivity contribution in [3.63, 3.8) is 0 Å². The number of hydrogen-bond acceptors (Lipinski definition) is 8. The van der Waals surface area contributed by atoms with Crippen LogP contribution in [0.4, 0.5) is 0 Å². The van der Waals surface area contributed by atoms with E-state index in [-0.39, 0.29) is 19.1 Å². The first-order chi connectivity index (χ1) is 11.5. The topological polar surface area (TPSA) is 203 Å². The monoisotopic (exact) mass is 343 g/mol. The summed E-state index contributed by atoms with van der Waals surface area (Å²) in [4.78, 5) is 5.31. The van der Waals surface area contributed by atoms with Gasteiger partial charge >= 0.3 is 0 Å². The molecule has 2 rings (SSSR count). The highest BCUT2D eigenvalue weighted by molar-refractivity contribution is 5.01. The van der Waals surface area contributed by atoms with E-state index in [0.29, 0.717) is 12.8 Å². The molecule has 0 spiro atoms. The third-order valence-electron chi connectivity index (χ3n) is 4.32. The maximum Gasteiger partial charge on any atom is 0.184 e. The third-order valence-corrected chi connectivity index (χ3v) is 4.32. The summed E-state index contributed by atoms with van der Waals surface area (Å²) in [6.07, 6.45) is -5.28. The molecule has 12 heteroatoms. The zero-order chi connectivity index (χ0) is 17.7. The molecule has 2 fully saturated rings. The first kappa shape index (κ1) is 18.7. The van der Waals surface area contributed by atoms with Crippen molar-refractivity contribution in [2.45, 2.75) is 68.2 Å². The Labute approximate surface area is 137 Å². The molecule has 8 atom stereocenters. The first-order valence-corrected chi connectivity index (χ1v) is 7.65. The molecule has 0 unspecified atom stereocenters. The minimum atomic E-state index is -1.47. The number of hydrogen-bond donors (Lipinski definition) is 4. The van der Waals surface area contributed by atoms with E-state index in [1.807, 2.05) is 0 Å². The molecular formula is C12H21N7O5. The fraction of sp³-hybridized carbons (Fsp3) is 1.00. The second-order valence-corrected chi connectivity index (χ2v) is 5.87. The molecule has 0 aromatic heterocycles. The summed E-state index contributed by atoms with van der Waals surface area (Å²) in [7, 11) is 0. The average Bonchev–Trinajstić information content (AvgIpc) is 2.58. The molecule has 1 heterocycles. The Hall–Kier alpha value is -1.62. The van der Waals surface area contributed by atoms with Crippen LogP contribution < -0.4 is 5.73 Å². The number of azide groups is 2. The van der Waals surface area contributed by atoms with Crippen LogP contribution in [0.15, 0.2) is 10.2 Å². The number of aliphatic hydroxyl groups is 3. The van der Waals surface area contributed by atoms with E-state index in [0.717, 1.165) is 0 Å². The molecule has 2 aliphatic rings. The van der Waals surface area contributed by atoms with Crippen molar-refractivity contribution in [3.8, 4) is 0 Å². The van der Waals surface area contributed by atoms with Crippen LogP contribution in [0.2, 0.25) is 0 Å². The first-order valence-electron chi connectivity index (χ1n) is 7.65. The van der Waals surface area contributed by atoms with E-state index >= 15 is 0 Å². The van der Waals surface area contributed by atoms with Gasteiger partial charge in [-0.15, -0.1) is 0 Å². The zero-order valence-electron chi connectivity index (χ0n) is 12.9. The molecule has 134 valence electrons. The molecule has 1 saturated carbocycles. The standard InChI is InChI=1S/C12H21N7O5/c13-4-5-1-2-8(20)12(23-5)24-11-7(17-19-15)3-6(16-18-14)9(21)10(11)22/h5-12,20-22H,1-4,13H2/t5-,6+,7-,8+,9-,10+,11+,12+/m0/s1. The highest BCUT2D eigenvalue weighted by Crippen LogP contribution is 2.31. The van der Waals surface area contributed by atoms with E-state index in [1.54, 1.807) is 0 Å². The Balaban J connectivity index is 2.16. The van der Waals surface area contributed by atoms with Gasteiger partial charge in [0, 0.05) is 16.4 Å². The minimum absolute atomic E-state index is 0.000145. The Morgan fingerprint density at radius 3 is 2.38 bits per heavy atom. The van der Waals surface area contributed by atoms with Gasteiger partial charge in [-0.3, -0.25) is 0 Å². The van der Waals surface area contributed by atoms with Gasteiger partial charge in [0.15, 0.2) is 6.29 Å². The lowest BCUT2D eigenvalue weighted by atomic mass is 9.84. The van der Waals surface area contributed by atoms with Crippen LogP contribution in [0.25, 0.3) is 20.9 Å². The van der Waals surface area contributed by atoms with Crippen molar-refractivity contribution in [1.82, 2.24) is 0 Å². The number of nitrogens with two attached hydrogens (primary N) is 1. The van der Waals surface area contributed by atoms with Crippen LogP contribution in [-0.2, 0) is 9.47 Å². The van der Waals surface area contributed by atoms with Gasteiger partial charge < -0.3 is 30.5 Å². The lowest BCUT2D eigenvalue weighted by molar-refractivity contribution is -0.278. The maximum absolute atomic E-state index is 10.3. The molecular weight excluding hydrogens is 322 g/mol. The van der Waals surface area contributed by atoms with Crippen molar-refractivity contribution >= 4 is 0 Å². The van der Waals surface area contributed by atoms with Crippen molar-refractivity contribution in [2.75, 3.05) is 6.54 Å². The molecule has 0 amide bonds. The van der Waals surface area contributed by atoms with Crippen LogP contribution in [0.3, 0.4) is 0 Å². The Kier molecular flexibility index (Phi) is 6.60. The van der Waals surface area contributed by atoms with Gasteiger partial charge in [-0.1, -0.05) is 10.2 Å². The van der Waals surface area contributed by atoms with Crippen LogP contribution in [-0.4, -0.2) is 70.8 Å². The predicted octanol–water partition coefficient (Wildman–Crippen LogP) is -0.320. The van der Waals surface area contributed by atoms with Gasteiger partial charge in [-0.2, -0.15) is 0 Å². The minimum Gasteiger partial charge on any atom is -0.390 e. The number of rotatable bonds is 5. The quantitative estimate of drug-likeness (QED) is 0.299. The SMILES string of the molecule is [N-]=[N+]=N[C@H]1C[C@@H](N=[N+]=[N-])[C@H](O)[C@@H](O)[C@@H]1O[C@H]1O[C@H](CN)CC[C@H]1O. The summed E-state index contributed by atoms with van der Waals surface area (Å²) in [5, 5.41) is 37.3. The van der Waals surface area contributed by atoms with Gasteiger partial charge in [0.1, 0.15) is 12.2 Å². The zero-order valence-corrected chi connectivity index (χ0v) is 12.9. The van der Waals surface area contributed by atoms with Crippen LogP contribution in [0, 0.1) is 0 Å². The summed E-state index contributed by atoms with van der Waals surface area (Å²) in [6, 6.07) is -1.84. The second-order valence-electron chi connectivity index (χ2n) is 5.87. The molecule has 12 nitrogen and oxygen atoms in total. The summed E-state index contributed by atoms with van der Waals surface area (Å²) in [5.74, 6) is 0. The van der Waals surface area contributed by atoms with Gasteiger partial charge in [0.2, 0.25) is 0 Å². The molecule has 0 aromatic rings. The summed E-state index contributed by atoms with van der Waals surface area (Å²) in [5.41, 5.74) is 22.8. The molecule has 0 radical (unpaired) electrons. The lowest BCUT2D eigenvalue weighted by Crippen LogP contribution is -2.58. The summed E-state index contributed by atoms with van der Waals surface area (Å²) < 4.78 is 11.1. The van der Waals surface area contributed by atoms with Crippen LogP contribution >= 0.6 is 0 Å². The van der Waals surface area contributed by atoms with Gasteiger partial charge in [-0.25, -0.2) is 0 Å². The molecule has 0 aromatic carbocycles. The van der Waals surface area contributed by atoms with Crippen molar-refractivity contribution < 1.29 is 24.8 Å². The number of ether oxygens (including phenoxy) is 2. The highest BCUT2D eigenvalue weighted by Gasteiger charge is 2.46. The Morgan fingerprint density at radius 2 is 1.75 bits per heavy atom. The third kappa shape index (κ3) is 4.07. The molecule has 1 aliphatic heterocycles. The second kappa shape index (κ2) is 8.47. The Bertz CT molecular complexity index is 524. The molecule has 24 heavy (non-hydrogen) atoms. The van der Waals surface area contributed by atoms with E-state index in [9.17, 15) is 15.3 Å². The van der Waals surface area contributed by atoms with Gasteiger partial charge in [0.25, 0.3) is 0 Å². The largest absolute Gasteiger partial charge is 0.390 e. The fourth-order valence-corrected chi connectivity index (χ4v) is 2.99. The van der Waals surface area contributed by atoms with Crippen LogP contribution in [0.5, 0.6) is 0 Å². The van der Waals surface area contributed by atoms with E-state index in [2.05, 4.69) is 20.1 Å². The van der Waals surface area contributed by atoms with E-state index in [1.165, 1.54) is 0 Å². The van der Waals surface area contributed by atoms with E-state index in [4.69, 9.17) is 26.3 Å². The fourth-order valence-electron chi connectivity index (χ4n) is 2.99.